The van der Waals surface area contributed by atoms with Crippen molar-refractivity contribution in [2.45, 2.75) is 44.6 Å². The number of benzene rings is 1. The Labute approximate surface area is 143 Å². The minimum absolute atomic E-state index is 0.214. The van der Waals surface area contributed by atoms with Crippen LogP contribution in [0, 0.1) is 0 Å². The minimum atomic E-state index is 0.214. The Morgan fingerprint density at radius 2 is 1.96 bits per heavy atom. The lowest BCUT2D eigenvalue weighted by molar-refractivity contribution is 0.411. The van der Waals surface area contributed by atoms with E-state index in [1.165, 1.54) is 31.2 Å². The van der Waals surface area contributed by atoms with Crippen molar-refractivity contribution in [3.8, 4) is 0 Å². The summed E-state index contributed by atoms with van der Waals surface area (Å²) in [6.07, 6.45) is 6.62. The summed E-state index contributed by atoms with van der Waals surface area (Å²) in [5, 5.41) is 10.8. The van der Waals surface area contributed by atoms with E-state index in [1.807, 2.05) is 6.07 Å². The number of hydrogen-bond donors (Lipinski definition) is 2. The molecule has 1 fully saturated rings. The molecule has 1 saturated carbocycles. The van der Waals surface area contributed by atoms with Crippen molar-refractivity contribution >= 4 is 5.96 Å². The van der Waals surface area contributed by atoms with Crippen LogP contribution in [0.25, 0.3) is 0 Å². The zero-order chi connectivity index (χ0) is 16.7. The smallest absolute Gasteiger partial charge is 0.191 e. The first-order valence-corrected chi connectivity index (χ1v) is 8.79. The van der Waals surface area contributed by atoms with Crippen LogP contribution in [0.3, 0.4) is 0 Å². The topological polar surface area (TPSA) is 62.5 Å². The van der Waals surface area contributed by atoms with Crippen molar-refractivity contribution in [2.75, 3.05) is 13.1 Å². The van der Waals surface area contributed by atoms with E-state index in [2.05, 4.69) is 58.0 Å². The van der Waals surface area contributed by atoms with Crippen LogP contribution in [-0.4, -0.2) is 24.2 Å². The van der Waals surface area contributed by atoms with Crippen LogP contribution < -0.4 is 10.6 Å². The number of hydrogen-bond acceptors (Lipinski definition) is 3. The summed E-state index contributed by atoms with van der Waals surface area (Å²) in [5.41, 5.74) is 2.49. The van der Waals surface area contributed by atoms with E-state index in [1.54, 1.807) is 6.26 Å². The maximum Gasteiger partial charge on any atom is 0.191 e. The highest BCUT2D eigenvalue weighted by atomic mass is 16.5. The molecule has 0 spiro atoms. The molecule has 128 valence electrons. The minimum Gasteiger partial charge on any atom is -0.364 e. The maximum atomic E-state index is 4.86. The van der Waals surface area contributed by atoms with Crippen molar-refractivity contribution in [1.29, 1.82) is 0 Å². The number of nitrogens with zero attached hydrogens (tertiary/aromatic N) is 2. The predicted molar refractivity (Wildman–Crippen MR) is 95.9 cm³/mol. The van der Waals surface area contributed by atoms with Gasteiger partial charge in [-0.05, 0) is 25.3 Å². The lowest BCUT2D eigenvalue weighted by atomic mass is 9.79. The summed E-state index contributed by atoms with van der Waals surface area (Å²) in [5.74, 6) is 0.836. The van der Waals surface area contributed by atoms with Gasteiger partial charge < -0.3 is 15.2 Å². The van der Waals surface area contributed by atoms with Gasteiger partial charge >= 0.3 is 0 Å². The standard InChI is InChI=1S/C19H26N4O/c1-2-20-18(21-14-17-10-13-24-23-17)22-15-19(11-6-7-12-19)16-8-4-3-5-9-16/h3-5,8-10,13H,2,6-7,11-12,14-15H2,1H3,(H2,20,21,22). The van der Waals surface area contributed by atoms with Gasteiger partial charge in [-0.3, -0.25) is 0 Å². The van der Waals surface area contributed by atoms with E-state index < -0.39 is 0 Å². The lowest BCUT2D eigenvalue weighted by Crippen LogP contribution is -2.44. The van der Waals surface area contributed by atoms with Crippen LogP contribution in [-0.2, 0) is 12.0 Å². The van der Waals surface area contributed by atoms with Crippen LogP contribution in [0.5, 0.6) is 0 Å². The van der Waals surface area contributed by atoms with Gasteiger partial charge in [-0.1, -0.05) is 48.3 Å². The lowest BCUT2D eigenvalue weighted by Gasteiger charge is -2.30. The van der Waals surface area contributed by atoms with Gasteiger partial charge in [0.1, 0.15) is 12.0 Å². The Balaban J connectivity index is 1.68. The molecule has 0 amide bonds. The van der Waals surface area contributed by atoms with Gasteiger partial charge in [0.15, 0.2) is 5.96 Å². The van der Waals surface area contributed by atoms with Crippen molar-refractivity contribution in [3.05, 3.63) is 53.9 Å². The van der Waals surface area contributed by atoms with Gasteiger partial charge in [-0.25, -0.2) is 4.99 Å². The number of nitrogens with one attached hydrogen (secondary N) is 2. The molecule has 2 N–H and O–H groups in total. The van der Waals surface area contributed by atoms with Crippen LogP contribution in [0.15, 0.2) is 52.2 Å². The second-order valence-electron chi connectivity index (χ2n) is 6.39. The second kappa shape index (κ2) is 7.99. The van der Waals surface area contributed by atoms with Gasteiger partial charge in [0.2, 0.25) is 0 Å². The number of aliphatic imine (C=N–C) groups is 1. The molecule has 0 unspecified atom stereocenters. The van der Waals surface area contributed by atoms with Gasteiger partial charge in [0, 0.05) is 24.6 Å². The summed E-state index contributed by atoms with van der Waals surface area (Å²) >= 11 is 0. The Morgan fingerprint density at radius 1 is 1.17 bits per heavy atom. The fraction of sp³-hybridized carbons (Fsp3) is 0.474. The monoisotopic (exact) mass is 326 g/mol. The molecule has 1 aliphatic rings. The number of aromatic nitrogens is 1. The first-order chi connectivity index (χ1) is 11.8. The number of rotatable bonds is 6. The van der Waals surface area contributed by atoms with Gasteiger partial charge in [-0.15, -0.1) is 0 Å². The molecule has 2 aromatic rings. The van der Waals surface area contributed by atoms with Gasteiger partial charge in [0.25, 0.3) is 0 Å². The Kier molecular flexibility index (Phi) is 5.51. The zero-order valence-electron chi connectivity index (χ0n) is 14.3. The Bertz CT molecular complexity index is 631. The largest absolute Gasteiger partial charge is 0.364 e. The third kappa shape index (κ3) is 3.96. The van der Waals surface area contributed by atoms with E-state index in [-0.39, 0.29) is 5.41 Å². The Hall–Kier alpha value is -2.30. The third-order valence-corrected chi connectivity index (χ3v) is 4.78. The molecule has 5 heteroatoms. The normalized spacial score (nSPS) is 17.0. The molecule has 24 heavy (non-hydrogen) atoms. The molecule has 1 heterocycles. The van der Waals surface area contributed by atoms with E-state index in [9.17, 15) is 0 Å². The van der Waals surface area contributed by atoms with Crippen molar-refractivity contribution in [2.24, 2.45) is 4.99 Å². The van der Waals surface area contributed by atoms with Crippen molar-refractivity contribution in [1.82, 2.24) is 15.8 Å². The van der Waals surface area contributed by atoms with Crippen LogP contribution >= 0.6 is 0 Å². The maximum absolute atomic E-state index is 4.86. The van der Waals surface area contributed by atoms with Crippen LogP contribution in [0.1, 0.15) is 43.9 Å². The number of guanidine groups is 1. The Morgan fingerprint density at radius 3 is 2.62 bits per heavy atom. The summed E-state index contributed by atoms with van der Waals surface area (Å²) < 4.78 is 4.86. The average Bonchev–Trinajstić information content (AvgIpc) is 3.31. The molecule has 3 rings (SSSR count). The fourth-order valence-corrected chi connectivity index (χ4v) is 3.48. The molecular formula is C19H26N4O. The highest BCUT2D eigenvalue weighted by Gasteiger charge is 2.35. The molecule has 0 saturated heterocycles. The molecule has 0 radical (unpaired) electrons. The van der Waals surface area contributed by atoms with E-state index in [0.717, 1.165) is 24.7 Å². The van der Waals surface area contributed by atoms with Crippen LogP contribution in [0.4, 0.5) is 0 Å². The van der Waals surface area contributed by atoms with Crippen LogP contribution in [0.2, 0.25) is 0 Å². The van der Waals surface area contributed by atoms with Gasteiger partial charge in [0.05, 0.1) is 6.54 Å². The summed E-state index contributed by atoms with van der Waals surface area (Å²) in [6, 6.07) is 12.7. The first kappa shape index (κ1) is 16.6. The molecule has 0 atom stereocenters. The summed E-state index contributed by atoms with van der Waals surface area (Å²) in [6.45, 7) is 4.34. The molecule has 0 aliphatic heterocycles. The summed E-state index contributed by atoms with van der Waals surface area (Å²) in [4.78, 5) is 4.61. The molecule has 5 nitrogen and oxygen atoms in total. The molecular weight excluding hydrogens is 300 g/mol. The molecule has 1 aromatic carbocycles. The second-order valence-corrected chi connectivity index (χ2v) is 6.39. The predicted octanol–water partition coefficient (Wildman–Crippen LogP) is 3.24. The molecule has 1 aromatic heterocycles. The highest BCUT2D eigenvalue weighted by molar-refractivity contribution is 5.79. The zero-order valence-corrected chi connectivity index (χ0v) is 14.3. The third-order valence-electron chi connectivity index (χ3n) is 4.78. The molecule has 1 aliphatic carbocycles. The first-order valence-electron chi connectivity index (χ1n) is 8.79. The quantitative estimate of drug-likeness (QED) is 0.632. The average molecular weight is 326 g/mol. The van der Waals surface area contributed by atoms with Crippen molar-refractivity contribution < 1.29 is 4.52 Å². The van der Waals surface area contributed by atoms with E-state index >= 15 is 0 Å². The van der Waals surface area contributed by atoms with E-state index in [0.29, 0.717) is 6.54 Å². The van der Waals surface area contributed by atoms with Crippen molar-refractivity contribution in [3.63, 3.8) is 0 Å². The summed E-state index contributed by atoms with van der Waals surface area (Å²) in [7, 11) is 0. The molecule has 0 bridgehead atoms. The SMILES string of the molecule is CCNC(=NCc1ccon1)NCC1(c2ccccc2)CCCC1. The van der Waals surface area contributed by atoms with Gasteiger partial charge in [-0.2, -0.15) is 0 Å². The fourth-order valence-electron chi connectivity index (χ4n) is 3.48. The van der Waals surface area contributed by atoms with E-state index in [4.69, 9.17) is 4.52 Å². The highest BCUT2D eigenvalue weighted by Crippen LogP contribution is 2.40.